The van der Waals surface area contributed by atoms with Gasteiger partial charge in [0, 0.05) is 0 Å². The van der Waals surface area contributed by atoms with E-state index in [0.717, 1.165) is 20.3 Å². The topological polar surface area (TPSA) is 77.5 Å². The van der Waals surface area contributed by atoms with E-state index in [1.165, 1.54) is 41.5 Å². The number of esters is 1. The van der Waals surface area contributed by atoms with Gasteiger partial charge in [-0.25, -0.2) is 9.78 Å². The zero-order valence-corrected chi connectivity index (χ0v) is 16.6. The Labute approximate surface area is 162 Å². The van der Waals surface area contributed by atoms with E-state index in [-0.39, 0.29) is 11.7 Å². The second-order valence-electron chi connectivity index (χ2n) is 5.03. The number of carbonyl (C=O) groups is 2. The van der Waals surface area contributed by atoms with Crippen molar-refractivity contribution >= 4 is 62.2 Å². The predicted octanol–water partition coefficient (Wildman–Crippen LogP) is 4.27. The normalized spacial score (nSPS) is 10.7. The number of rotatable bonds is 7. The lowest BCUT2D eigenvalue weighted by atomic mass is 10.3. The van der Waals surface area contributed by atoms with Crippen LogP contribution < -0.4 is 10.1 Å². The highest BCUT2D eigenvalue weighted by atomic mass is 32.2. The fourth-order valence-corrected chi connectivity index (χ4v) is 4.84. The summed E-state index contributed by atoms with van der Waals surface area (Å²) in [6, 6.07) is 7.44. The molecule has 0 atom stereocenters. The summed E-state index contributed by atoms with van der Waals surface area (Å²) >= 11 is 4.10. The minimum absolute atomic E-state index is 0.201. The third kappa shape index (κ3) is 4.35. The van der Waals surface area contributed by atoms with Crippen molar-refractivity contribution in [1.29, 1.82) is 0 Å². The predicted molar refractivity (Wildman–Crippen MR) is 106 cm³/mol. The summed E-state index contributed by atoms with van der Waals surface area (Å²) in [5.74, 6) is 0.354. The highest BCUT2D eigenvalue weighted by molar-refractivity contribution is 8.01. The van der Waals surface area contributed by atoms with Gasteiger partial charge in [0.05, 0.1) is 35.4 Å². The fraction of sp³-hybridized carbons (Fsp3) is 0.235. The molecule has 0 saturated heterocycles. The number of thioether (sulfide) groups is 1. The van der Waals surface area contributed by atoms with Gasteiger partial charge in [-0.1, -0.05) is 11.8 Å². The van der Waals surface area contributed by atoms with Gasteiger partial charge < -0.3 is 14.8 Å². The van der Waals surface area contributed by atoms with Gasteiger partial charge in [-0.2, -0.15) is 0 Å². The standard InChI is InChI=1S/C17H16N2O4S3/c1-3-23-10-4-5-11-13(8-10)26-17(19-11)25-9-14(20)18-12-6-7-24-15(12)16(21)22-2/h4-8H,3,9H2,1-2H3,(H,18,20). The van der Waals surface area contributed by atoms with Crippen LogP contribution in [-0.2, 0) is 9.53 Å². The number of nitrogens with one attached hydrogen (secondary N) is 1. The molecule has 0 bridgehead atoms. The number of ether oxygens (including phenoxy) is 2. The number of thiazole rings is 1. The molecule has 2 aromatic heterocycles. The number of nitrogens with zero attached hydrogens (tertiary/aromatic N) is 1. The number of anilines is 1. The molecule has 0 aliphatic carbocycles. The van der Waals surface area contributed by atoms with E-state index in [9.17, 15) is 9.59 Å². The maximum absolute atomic E-state index is 12.2. The first-order valence-electron chi connectivity index (χ1n) is 7.72. The number of thiophene rings is 1. The van der Waals surface area contributed by atoms with Crippen molar-refractivity contribution in [2.75, 3.05) is 24.8 Å². The molecule has 3 rings (SSSR count). The maximum atomic E-state index is 12.2. The fourth-order valence-electron chi connectivity index (χ4n) is 2.17. The summed E-state index contributed by atoms with van der Waals surface area (Å²) < 4.78 is 12.0. The highest BCUT2D eigenvalue weighted by Gasteiger charge is 2.16. The molecule has 0 unspecified atom stereocenters. The van der Waals surface area contributed by atoms with E-state index in [4.69, 9.17) is 9.47 Å². The van der Waals surface area contributed by atoms with E-state index in [1.807, 2.05) is 25.1 Å². The van der Waals surface area contributed by atoms with Gasteiger partial charge in [0.25, 0.3) is 0 Å². The van der Waals surface area contributed by atoms with E-state index >= 15 is 0 Å². The van der Waals surface area contributed by atoms with Gasteiger partial charge in [0.15, 0.2) is 4.34 Å². The van der Waals surface area contributed by atoms with Crippen LogP contribution in [0.5, 0.6) is 5.75 Å². The van der Waals surface area contributed by atoms with Crippen LogP contribution >= 0.6 is 34.4 Å². The SMILES string of the molecule is CCOc1ccc2nc(SCC(=O)Nc3ccsc3C(=O)OC)sc2c1. The zero-order valence-electron chi connectivity index (χ0n) is 14.1. The summed E-state index contributed by atoms with van der Waals surface area (Å²) in [5, 5.41) is 4.48. The van der Waals surface area contributed by atoms with Crippen LogP contribution in [0.4, 0.5) is 5.69 Å². The van der Waals surface area contributed by atoms with Crippen LogP contribution in [0.1, 0.15) is 16.6 Å². The van der Waals surface area contributed by atoms with Crippen molar-refractivity contribution in [2.45, 2.75) is 11.3 Å². The Hall–Kier alpha value is -2.10. The van der Waals surface area contributed by atoms with Crippen molar-refractivity contribution in [3.8, 4) is 5.75 Å². The molecule has 0 aliphatic rings. The van der Waals surface area contributed by atoms with E-state index in [0.29, 0.717) is 17.2 Å². The molecule has 0 radical (unpaired) electrons. The molecule has 9 heteroatoms. The minimum Gasteiger partial charge on any atom is -0.494 e. The van der Waals surface area contributed by atoms with Crippen LogP contribution in [0, 0.1) is 0 Å². The largest absolute Gasteiger partial charge is 0.494 e. The molecule has 3 aromatic rings. The quantitative estimate of drug-likeness (QED) is 0.465. The average Bonchev–Trinajstić information content (AvgIpc) is 3.25. The molecular weight excluding hydrogens is 392 g/mol. The lowest BCUT2D eigenvalue weighted by Crippen LogP contribution is -2.15. The molecule has 1 aromatic carbocycles. The molecule has 0 saturated carbocycles. The van der Waals surface area contributed by atoms with Crippen LogP contribution in [0.25, 0.3) is 10.2 Å². The second-order valence-corrected chi connectivity index (χ2v) is 8.20. The Morgan fingerprint density at radius 3 is 2.92 bits per heavy atom. The summed E-state index contributed by atoms with van der Waals surface area (Å²) in [6.07, 6.45) is 0. The molecule has 1 N–H and O–H groups in total. The van der Waals surface area contributed by atoms with Crippen molar-refractivity contribution in [3.63, 3.8) is 0 Å². The van der Waals surface area contributed by atoms with Gasteiger partial charge in [-0.3, -0.25) is 4.79 Å². The first-order valence-corrected chi connectivity index (χ1v) is 10.4. The third-order valence-electron chi connectivity index (χ3n) is 3.29. The van der Waals surface area contributed by atoms with Crippen LogP contribution in [0.3, 0.4) is 0 Å². The molecule has 0 aliphatic heterocycles. The van der Waals surface area contributed by atoms with Gasteiger partial charge in [0.2, 0.25) is 5.91 Å². The molecule has 6 nitrogen and oxygen atoms in total. The van der Waals surface area contributed by atoms with Gasteiger partial charge in [-0.15, -0.1) is 22.7 Å². The van der Waals surface area contributed by atoms with Crippen LogP contribution in [-0.4, -0.2) is 36.3 Å². The molecule has 0 fully saturated rings. The number of carbonyl (C=O) groups excluding carboxylic acids is 2. The van der Waals surface area contributed by atoms with Crippen molar-refractivity contribution < 1.29 is 19.1 Å². The second kappa shape index (κ2) is 8.52. The Kier molecular flexibility index (Phi) is 6.12. The minimum atomic E-state index is -0.459. The number of methoxy groups -OCH3 is 1. The van der Waals surface area contributed by atoms with Gasteiger partial charge >= 0.3 is 5.97 Å². The Bertz CT molecular complexity index is 935. The molecule has 136 valence electrons. The summed E-state index contributed by atoms with van der Waals surface area (Å²) in [7, 11) is 1.31. The van der Waals surface area contributed by atoms with Crippen molar-refractivity contribution in [3.05, 3.63) is 34.5 Å². The summed E-state index contributed by atoms with van der Waals surface area (Å²) in [6.45, 7) is 2.55. The number of fused-ring (bicyclic) bond motifs is 1. The lowest BCUT2D eigenvalue weighted by Gasteiger charge is -2.04. The molecular formula is C17H16N2O4S3. The smallest absolute Gasteiger partial charge is 0.350 e. The van der Waals surface area contributed by atoms with Crippen LogP contribution in [0.2, 0.25) is 0 Å². The summed E-state index contributed by atoms with van der Waals surface area (Å²) in [4.78, 5) is 28.7. The van der Waals surface area contributed by atoms with Crippen molar-refractivity contribution in [2.24, 2.45) is 0 Å². The number of amides is 1. The Morgan fingerprint density at radius 2 is 2.15 bits per heavy atom. The van der Waals surface area contributed by atoms with Gasteiger partial charge in [-0.05, 0) is 36.6 Å². The first-order chi connectivity index (χ1) is 12.6. The Morgan fingerprint density at radius 1 is 1.31 bits per heavy atom. The van der Waals surface area contributed by atoms with Gasteiger partial charge in [0.1, 0.15) is 10.6 Å². The molecule has 2 heterocycles. The van der Waals surface area contributed by atoms with E-state index < -0.39 is 5.97 Å². The number of benzene rings is 1. The molecule has 26 heavy (non-hydrogen) atoms. The highest BCUT2D eigenvalue weighted by Crippen LogP contribution is 2.32. The summed E-state index contributed by atoms with van der Waals surface area (Å²) in [5.41, 5.74) is 1.35. The first kappa shape index (κ1) is 18.7. The van der Waals surface area contributed by atoms with Crippen LogP contribution in [0.15, 0.2) is 34.0 Å². The number of hydrogen-bond acceptors (Lipinski definition) is 8. The maximum Gasteiger partial charge on any atom is 0.350 e. The monoisotopic (exact) mass is 408 g/mol. The number of hydrogen-bond donors (Lipinski definition) is 1. The van der Waals surface area contributed by atoms with E-state index in [2.05, 4.69) is 10.3 Å². The van der Waals surface area contributed by atoms with Crippen molar-refractivity contribution in [1.82, 2.24) is 4.98 Å². The lowest BCUT2D eigenvalue weighted by molar-refractivity contribution is -0.113. The average molecular weight is 409 g/mol. The molecule has 0 spiro atoms. The van der Waals surface area contributed by atoms with E-state index in [1.54, 1.807) is 11.4 Å². The Balaban J connectivity index is 1.62. The zero-order chi connectivity index (χ0) is 18.5. The molecule has 1 amide bonds. The number of aromatic nitrogens is 1. The third-order valence-corrected chi connectivity index (χ3v) is 6.34.